The fourth-order valence-corrected chi connectivity index (χ4v) is 3.68. The van der Waals surface area contributed by atoms with Crippen LogP contribution in [0.3, 0.4) is 0 Å². The van der Waals surface area contributed by atoms with E-state index < -0.39 is 23.7 Å². The van der Waals surface area contributed by atoms with Gasteiger partial charge < -0.3 is 33.7 Å². The minimum atomic E-state index is -0.677. The topological polar surface area (TPSA) is 114 Å². The van der Waals surface area contributed by atoms with Crippen LogP contribution in [0.25, 0.3) is 0 Å². The Bertz CT molecular complexity index is 1060. The lowest BCUT2D eigenvalue weighted by Crippen LogP contribution is -2.28. The van der Waals surface area contributed by atoms with E-state index in [1.165, 1.54) is 28.4 Å². The quantitative estimate of drug-likeness (QED) is 0.376. The number of amides is 1. The van der Waals surface area contributed by atoms with Gasteiger partial charge in [0, 0.05) is 17.8 Å². The summed E-state index contributed by atoms with van der Waals surface area (Å²) in [5.41, 5.74) is 1.03. The van der Waals surface area contributed by atoms with Crippen molar-refractivity contribution in [3.8, 4) is 23.0 Å². The molecule has 2 N–H and O–H groups in total. The second kappa shape index (κ2) is 12.9. The van der Waals surface area contributed by atoms with Gasteiger partial charge in [-0.2, -0.15) is 0 Å². The highest BCUT2D eigenvalue weighted by Gasteiger charge is 2.29. The summed E-state index contributed by atoms with van der Waals surface area (Å²) < 4.78 is 32.5. The second-order valence-electron chi connectivity index (χ2n) is 9.16. The summed E-state index contributed by atoms with van der Waals surface area (Å²) in [6.45, 7) is 9.09. The molecule has 2 aromatic rings. The number of hydrogen-bond acceptors (Lipinski definition) is 9. The van der Waals surface area contributed by atoms with Crippen LogP contribution in [0.4, 0.5) is 16.2 Å². The van der Waals surface area contributed by atoms with Crippen LogP contribution in [0, 0.1) is 5.92 Å². The van der Waals surface area contributed by atoms with Gasteiger partial charge in [-0.15, -0.1) is 0 Å². The molecule has 0 saturated carbocycles. The molecule has 0 heterocycles. The Hall–Kier alpha value is -3.82. The number of nitrogens with one attached hydrogen (secondary N) is 2. The fourth-order valence-electron chi connectivity index (χ4n) is 3.68. The van der Waals surface area contributed by atoms with E-state index in [0.717, 1.165) is 0 Å². The van der Waals surface area contributed by atoms with Gasteiger partial charge in [0.25, 0.3) is 0 Å². The molecule has 2 rings (SSSR count). The van der Waals surface area contributed by atoms with Gasteiger partial charge in [0.2, 0.25) is 5.75 Å². The monoisotopic (exact) mass is 518 g/mol. The molecule has 0 bridgehead atoms. The average Bonchev–Trinajstić information content (AvgIpc) is 2.85. The van der Waals surface area contributed by atoms with E-state index in [9.17, 15) is 9.59 Å². The molecule has 0 aliphatic carbocycles. The molecular formula is C27H38N2O8. The lowest BCUT2D eigenvalue weighted by atomic mass is 9.93. The third-order valence-corrected chi connectivity index (χ3v) is 5.36. The standard InChI is InChI=1S/C27H38N2O8/c1-10-36-25(30)16(2)23(28-18-14-21(33-7)24(35-9)22(15-18)34-8)17-11-12-20(32-6)19(13-17)29-26(31)37-27(3,4)5/h11-16,23,28H,10H2,1-9H3,(H,29,31)/t16-,23+/m0/s1. The first-order valence-corrected chi connectivity index (χ1v) is 11.9. The minimum Gasteiger partial charge on any atom is -0.495 e. The van der Waals surface area contributed by atoms with Crippen LogP contribution < -0.4 is 29.6 Å². The molecule has 0 saturated heterocycles. The smallest absolute Gasteiger partial charge is 0.412 e. The van der Waals surface area contributed by atoms with Crippen molar-refractivity contribution in [1.82, 2.24) is 0 Å². The molecule has 0 aliphatic rings. The molecule has 2 aromatic carbocycles. The number of rotatable bonds is 11. The summed E-state index contributed by atoms with van der Waals surface area (Å²) in [6, 6.07) is 8.18. The third-order valence-electron chi connectivity index (χ3n) is 5.36. The van der Waals surface area contributed by atoms with Crippen LogP contribution in [0.5, 0.6) is 23.0 Å². The van der Waals surface area contributed by atoms with Crippen LogP contribution in [-0.2, 0) is 14.3 Å². The Labute approximate surface area is 218 Å². The number of anilines is 2. The van der Waals surface area contributed by atoms with Crippen LogP contribution >= 0.6 is 0 Å². The highest BCUT2D eigenvalue weighted by atomic mass is 16.6. The average molecular weight is 519 g/mol. The van der Waals surface area contributed by atoms with Crippen molar-refractivity contribution in [1.29, 1.82) is 0 Å². The van der Waals surface area contributed by atoms with E-state index >= 15 is 0 Å². The van der Waals surface area contributed by atoms with E-state index in [4.69, 9.17) is 28.4 Å². The van der Waals surface area contributed by atoms with Gasteiger partial charge in [0.05, 0.1) is 52.7 Å². The summed E-state index contributed by atoms with van der Waals surface area (Å²) in [6.07, 6.45) is -0.629. The Morgan fingerprint density at radius 2 is 1.49 bits per heavy atom. The van der Waals surface area contributed by atoms with Gasteiger partial charge >= 0.3 is 12.1 Å². The van der Waals surface area contributed by atoms with Gasteiger partial charge in [0.1, 0.15) is 11.4 Å². The van der Waals surface area contributed by atoms with E-state index in [1.807, 2.05) is 6.07 Å². The van der Waals surface area contributed by atoms with Gasteiger partial charge in [-0.05, 0) is 52.3 Å². The predicted molar refractivity (Wildman–Crippen MR) is 141 cm³/mol. The SMILES string of the molecule is CCOC(=O)[C@@H](C)[C@@H](Nc1cc(OC)c(OC)c(OC)c1)c1ccc(OC)c(NC(=O)OC(C)(C)C)c1. The number of carbonyl (C=O) groups is 2. The Kier molecular flexibility index (Phi) is 10.3. The second-order valence-corrected chi connectivity index (χ2v) is 9.16. The van der Waals surface area contributed by atoms with Crippen molar-refractivity contribution >= 4 is 23.4 Å². The molecule has 0 aliphatic heterocycles. The molecule has 10 heteroatoms. The molecular weight excluding hydrogens is 480 g/mol. The maximum Gasteiger partial charge on any atom is 0.412 e. The van der Waals surface area contributed by atoms with Gasteiger partial charge in [0.15, 0.2) is 11.5 Å². The first-order chi connectivity index (χ1) is 17.5. The largest absolute Gasteiger partial charge is 0.495 e. The van der Waals surface area contributed by atoms with Crippen LogP contribution in [0.15, 0.2) is 30.3 Å². The molecule has 10 nitrogen and oxygen atoms in total. The van der Waals surface area contributed by atoms with E-state index in [1.54, 1.807) is 58.9 Å². The van der Waals surface area contributed by atoms with Crippen molar-refractivity contribution in [2.75, 3.05) is 45.7 Å². The number of methoxy groups -OCH3 is 4. The molecule has 0 radical (unpaired) electrons. The lowest BCUT2D eigenvalue weighted by Gasteiger charge is -2.27. The number of benzene rings is 2. The van der Waals surface area contributed by atoms with Crippen molar-refractivity contribution in [2.24, 2.45) is 5.92 Å². The summed E-state index contributed by atoms with van der Waals surface area (Å²) >= 11 is 0. The van der Waals surface area contributed by atoms with Crippen molar-refractivity contribution in [2.45, 2.75) is 46.3 Å². The minimum absolute atomic E-state index is 0.244. The molecule has 1 amide bonds. The zero-order valence-electron chi connectivity index (χ0n) is 23.0. The lowest BCUT2D eigenvalue weighted by molar-refractivity contribution is -0.147. The number of carbonyl (C=O) groups excluding carboxylic acids is 2. The molecule has 0 unspecified atom stereocenters. The Balaban J connectivity index is 2.55. The van der Waals surface area contributed by atoms with Gasteiger partial charge in [-0.1, -0.05) is 6.07 Å². The number of ether oxygens (including phenoxy) is 6. The van der Waals surface area contributed by atoms with Gasteiger partial charge in [-0.25, -0.2) is 4.79 Å². The summed E-state index contributed by atoms with van der Waals surface area (Å²) in [5, 5.41) is 6.13. The van der Waals surface area contributed by atoms with E-state index in [0.29, 0.717) is 39.9 Å². The Morgan fingerprint density at radius 1 is 0.892 bits per heavy atom. The summed E-state index contributed by atoms with van der Waals surface area (Å²) in [7, 11) is 6.08. The molecule has 204 valence electrons. The highest BCUT2D eigenvalue weighted by molar-refractivity contribution is 5.87. The van der Waals surface area contributed by atoms with Crippen molar-refractivity contribution in [3.05, 3.63) is 35.9 Å². The van der Waals surface area contributed by atoms with Crippen LogP contribution in [-0.4, -0.2) is 52.7 Å². The predicted octanol–water partition coefficient (Wildman–Crippen LogP) is 5.42. The van der Waals surface area contributed by atoms with Crippen molar-refractivity contribution < 1.29 is 38.0 Å². The molecule has 2 atom stereocenters. The molecule has 0 fully saturated rings. The first kappa shape index (κ1) is 29.4. The maximum absolute atomic E-state index is 12.8. The van der Waals surface area contributed by atoms with E-state index in [2.05, 4.69) is 10.6 Å². The van der Waals surface area contributed by atoms with Gasteiger partial charge in [-0.3, -0.25) is 10.1 Å². The maximum atomic E-state index is 12.8. The summed E-state index contributed by atoms with van der Waals surface area (Å²) in [4.78, 5) is 25.3. The van der Waals surface area contributed by atoms with E-state index in [-0.39, 0.29) is 12.6 Å². The third kappa shape index (κ3) is 7.83. The zero-order chi connectivity index (χ0) is 27.8. The summed E-state index contributed by atoms with van der Waals surface area (Å²) in [5.74, 6) is 0.790. The number of esters is 1. The van der Waals surface area contributed by atoms with Crippen LogP contribution in [0.2, 0.25) is 0 Å². The highest BCUT2D eigenvalue weighted by Crippen LogP contribution is 2.42. The molecule has 0 spiro atoms. The first-order valence-electron chi connectivity index (χ1n) is 11.9. The van der Waals surface area contributed by atoms with Crippen molar-refractivity contribution in [3.63, 3.8) is 0 Å². The Morgan fingerprint density at radius 3 is 1.97 bits per heavy atom. The number of hydrogen-bond donors (Lipinski definition) is 2. The zero-order valence-corrected chi connectivity index (χ0v) is 23.0. The molecule has 37 heavy (non-hydrogen) atoms. The molecule has 0 aromatic heterocycles. The normalized spacial score (nSPS) is 12.6. The van der Waals surface area contributed by atoms with Crippen LogP contribution in [0.1, 0.15) is 46.2 Å². The fraction of sp³-hybridized carbons (Fsp3) is 0.481.